The number of halogens is 3. The Morgan fingerprint density at radius 3 is 2.53 bits per heavy atom. The second kappa shape index (κ2) is 6.62. The molecular formula is C14H12BrCl2NO. The van der Waals surface area contributed by atoms with Crippen LogP contribution >= 0.6 is 39.1 Å². The number of para-hydroxylation sites is 1. The highest BCUT2D eigenvalue weighted by Crippen LogP contribution is 2.33. The van der Waals surface area contributed by atoms with E-state index in [1.54, 1.807) is 6.07 Å². The smallest absolute Gasteiger partial charge is 0.0760 e. The standard InChI is InChI=1S/C14H12BrCl2NO/c15-10-5-1-2-7-12(10)18-13(8-19)9-4-3-6-11(16)14(9)17/h1-7,13,18-19H,8H2. The highest BCUT2D eigenvalue weighted by Gasteiger charge is 2.16. The van der Waals surface area contributed by atoms with E-state index in [1.165, 1.54) is 0 Å². The first-order valence-corrected chi connectivity index (χ1v) is 7.24. The molecule has 1 unspecified atom stereocenters. The van der Waals surface area contributed by atoms with Crippen molar-refractivity contribution in [3.63, 3.8) is 0 Å². The van der Waals surface area contributed by atoms with E-state index < -0.39 is 0 Å². The maximum atomic E-state index is 9.57. The number of aliphatic hydroxyl groups is 1. The highest BCUT2D eigenvalue weighted by molar-refractivity contribution is 9.10. The van der Waals surface area contributed by atoms with Crippen molar-refractivity contribution in [2.24, 2.45) is 0 Å². The van der Waals surface area contributed by atoms with Gasteiger partial charge in [-0.25, -0.2) is 0 Å². The van der Waals surface area contributed by atoms with E-state index in [-0.39, 0.29) is 12.6 Å². The third kappa shape index (κ3) is 3.42. The molecule has 0 radical (unpaired) electrons. The Bertz CT molecular complexity index is 577. The average Bonchev–Trinajstić information content (AvgIpc) is 2.41. The summed E-state index contributed by atoms with van der Waals surface area (Å²) >= 11 is 15.6. The summed E-state index contributed by atoms with van der Waals surface area (Å²) in [4.78, 5) is 0. The molecule has 0 amide bonds. The van der Waals surface area contributed by atoms with Crippen LogP contribution in [0.3, 0.4) is 0 Å². The van der Waals surface area contributed by atoms with Crippen LogP contribution in [0.2, 0.25) is 10.0 Å². The molecule has 2 aromatic carbocycles. The minimum absolute atomic E-state index is 0.0819. The van der Waals surface area contributed by atoms with Gasteiger partial charge >= 0.3 is 0 Å². The Hall–Kier alpha value is -0.740. The molecule has 2 N–H and O–H groups in total. The van der Waals surface area contributed by atoms with E-state index in [2.05, 4.69) is 21.2 Å². The Kier molecular flexibility index (Phi) is 5.11. The number of hydrogen-bond acceptors (Lipinski definition) is 2. The van der Waals surface area contributed by atoms with Crippen molar-refractivity contribution < 1.29 is 5.11 Å². The molecule has 19 heavy (non-hydrogen) atoms. The van der Waals surface area contributed by atoms with Gasteiger partial charge in [0.1, 0.15) is 0 Å². The van der Waals surface area contributed by atoms with Crippen molar-refractivity contribution in [2.45, 2.75) is 6.04 Å². The van der Waals surface area contributed by atoms with Gasteiger partial charge in [-0.05, 0) is 39.7 Å². The SMILES string of the molecule is OCC(Nc1ccccc1Br)c1cccc(Cl)c1Cl. The zero-order chi connectivity index (χ0) is 13.8. The summed E-state index contributed by atoms with van der Waals surface area (Å²) in [6.07, 6.45) is 0. The van der Waals surface area contributed by atoms with Crippen LogP contribution in [0.4, 0.5) is 5.69 Å². The Balaban J connectivity index is 2.31. The predicted molar refractivity (Wildman–Crippen MR) is 84.1 cm³/mol. The quantitative estimate of drug-likeness (QED) is 0.812. The molecule has 0 saturated heterocycles. The molecule has 2 nitrogen and oxygen atoms in total. The number of rotatable bonds is 4. The van der Waals surface area contributed by atoms with Gasteiger partial charge in [0, 0.05) is 10.2 Å². The normalized spacial score (nSPS) is 12.2. The van der Waals surface area contributed by atoms with Crippen molar-refractivity contribution in [3.05, 3.63) is 62.5 Å². The zero-order valence-electron chi connectivity index (χ0n) is 9.91. The van der Waals surface area contributed by atoms with Gasteiger partial charge in [-0.3, -0.25) is 0 Å². The Morgan fingerprint density at radius 1 is 1.11 bits per heavy atom. The molecule has 2 rings (SSSR count). The van der Waals surface area contributed by atoms with E-state index >= 15 is 0 Å². The van der Waals surface area contributed by atoms with E-state index in [0.717, 1.165) is 15.7 Å². The molecule has 0 saturated carbocycles. The molecule has 0 aromatic heterocycles. The summed E-state index contributed by atoms with van der Waals surface area (Å²) in [5, 5.41) is 13.7. The lowest BCUT2D eigenvalue weighted by Gasteiger charge is -2.20. The molecule has 0 aliphatic heterocycles. The number of benzene rings is 2. The molecule has 0 spiro atoms. The molecule has 1 atom stereocenters. The van der Waals surface area contributed by atoms with Gasteiger partial charge in [-0.1, -0.05) is 47.5 Å². The van der Waals surface area contributed by atoms with Crippen LogP contribution in [0, 0.1) is 0 Å². The zero-order valence-corrected chi connectivity index (χ0v) is 13.0. The number of hydrogen-bond donors (Lipinski definition) is 2. The van der Waals surface area contributed by atoms with Crippen molar-refractivity contribution in [2.75, 3.05) is 11.9 Å². The monoisotopic (exact) mass is 359 g/mol. The Morgan fingerprint density at radius 2 is 1.84 bits per heavy atom. The van der Waals surface area contributed by atoms with Gasteiger partial charge < -0.3 is 10.4 Å². The molecule has 100 valence electrons. The molecule has 5 heteroatoms. The first kappa shape index (κ1) is 14.7. The topological polar surface area (TPSA) is 32.3 Å². The summed E-state index contributed by atoms with van der Waals surface area (Å²) in [5.41, 5.74) is 1.66. The highest BCUT2D eigenvalue weighted by atomic mass is 79.9. The minimum atomic E-state index is -0.315. The molecule has 0 aliphatic carbocycles. The van der Waals surface area contributed by atoms with Crippen LogP contribution in [0.1, 0.15) is 11.6 Å². The molecule has 0 fully saturated rings. The first-order valence-electron chi connectivity index (χ1n) is 5.69. The van der Waals surface area contributed by atoms with Crippen molar-refractivity contribution >= 4 is 44.8 Å². The van der Waals surface area contributed by atoms with E-state index in [4.69, 9.17) is 23.2 Å². The lowest BCUT2D eigenvalue weighted by atomic mass is 10.1. The van der Waals surface area contributed by atoms with Gasteiger partial charge in [0.2, 0.25) is 0 Å². The van der Waals surface area contributed by atoms with Crippen LogP contribution in [-0.2, 0) is 0 Å². The lowest BCUT2D eigenvalue weighted by molar-refractivity contribution is 0.276. The van der Waals surface area contributed by atoms with Gasteiger partial charge in [0.05, 0.1) is 22.7 Å². The second-order valence-corrected chi connectivity index (χ2v) is 5.64. The lowest BCUT2D eigenvalue weighted by Crippen LogP contribution is -2.15. The summed E-state index contributed by atoms with van der Waals surface area (Å²) in [5.74, 6) is 0. The van der Waals surface area contributed by atoms with Gasteiger partial charge in [0.25, 0.3) is 0 Å². The van der Waals surface area contributed by atoms with Crippen LogP contribution < -0.4 is 5.32 Å². The van der Waals surface area contributed by atoms with E-state index in [1.807, 2.05) is 36.4 Å². The largest absolute Gasteiger partial charge is 0.394 e. The van der Waals surface area contributed by atoms with E-state index in [0.29, 0.717) is 10.0 Å². The number of anilines is 1. The van der Waals surface area contributed by atoms with Crippen LogP contribution in [-0.4, -0.2) is 11.7 Å². The predicted octanol–water partition coefficient (Wildman–Crippen LogP) is 4.90. The third-order valence-electron chi connectivity index (χ3n) is 2.74. The van der Waals surface area contributed by atoms with Crippen molar-refractivity contribution in [1.29, 1.82) is 0 Å². The fraction of sp³-hybridized carbons (Fsp3) is 0.143. The fourth-order valence-electron chi connectivity index (χ4n) is 1.78. The van der Waals surface area contributed by atoms with Crippen LogP contribution in [0.25, 0.3) is 0 Å². The van der Waals surface area contributed by atoms with Crippen LogP contribution in [0.5, 0.6) is 0 Å². The van der Waals surface area contributed by atoms with Crippen LogP contribution in [0.15, 0.2) is 46.9 Å². The summed E-state index contributed by atoms with van der Waals surface area (Å²) in [7, 11) is 0. The maximum Gasteiger partial charge on any atom is 0.0760 e. The summed E-state index contributed by atoms with van der Waals surface area (Å²) in [6.45, 7) is -0.0819. The molecule has 0 heterocycles. The molecule has 2 aromatic rings. The molecule has 0 aliphatic rings. The summed E-state index contributed by atoms with van der Waals surface area (Å²) < 4.78 is 0.923. The molecular weight excluding hydrogens is 349 g/mol. The van der Waals surface area contributed by atoms with E-state index in [9.17, 15) is 5.11 Å². The van der Waals surface area contributed by atoms with Crippen molar-refractivity contribution in [3.8, 4) is 0 Å². The minimum Gasteiger partial charge on any atom is -0.394 e. The molecule has 0 bridgehead atoms. The van der Waals surface area contributed by atoms with Gasteiger partial charge in [0.15, 0.2) is 0 Å². The van der Waals surface area contributed by atoms with Crippen molar-refractivity contribution in [1.82, 2.24) is 0 Å². The average molecular weight is 361 g/mol. The second-order valence-electron chi connectivity index (χ2n) is 4.00. The summed E-state index contributed by atoms with van der Waals surface area (Å²) in [6, 6.07) is 12.8. The maximum absolute atomic E-state index is 9.57. The first-order chi connectivity index (χ1) is 9.13. The third-order valence-corrected chi connectivity index (χ3v) is 4.27. The van der Waals surface area contributed by atoms with Gasteiger partial charge in [-0.15, -0.1) is 0 Å². The van der Waals surface area contributed by atoms with Gasteiger partial charge in [-0.2, -0.15) is 0 Å². The fourth-order valence-corrected chi connectivity index (χ4v) is 2.62. The number of nitrogens with one attached hydrogen (secondary N) is 1. The Labute approximate surface area is 130 Å². The number of aliphatic hydroxyl groups excluding tert-OH is 1.